The number of hydrogen-bond donors (Lipinski definition) is 1. The Labute approximate surface area is 234 Å². The highest BCUT2D eigenvalue weighted by atomic mass is 19.1. The maximum absolute atomic E-state index is 13.5. The number of hydrogen-bond acceptors (Lipinski definition) is 8. The Bertz CT molecular complexity index is 1380. The normalized spacial score (nSPS) is 19.6. The summed E-state index contributed by atoms with van der Waals surface area (Å²) in [6.45, 7) is 1.88. The van der Waals surface area contributed by atoms with Crippen molar-refractivity contribution in [3.8, 4) is 0 Å². The first kappa shape index (κ1) is 26.9. The van der Waals surface area contributed by atoms with Gasteiger partial charge in [-0.2, -0.15) is 0 Å². The number of anilines is 1. The second kappa shape index (κ2) is 10.6. The van der Waals surface area contributed by atoms with Crippen molar-refractivity contribution in [2.45, 2.75) is 30.5 Å². The van der Waals surface area contributed by atoms with Crippen LogP contribution in [0.3, 0.4) is 0 Å². The number of rotatable bonds is 7. The second-order valence-electron chi connectivity index (χ2n) is 10.2. The minimum absolute atomic E-state index is 0.320. The number of piperidine rings is 1. The Kier molecular flexibility index (Phi) is 6.92. The lowest BCUT2D eigenvalue weighted by atomic mass is 9.85. The van der Waals surface area contributed by atoms with Gasteiger partial charge in [-0.3, -0.25) is 15.0 Å². The predicted molar refractivity (Wildman–Crippen MR) is 141 cm³/mol. The van der Waals surface area contributed by atoms with E-state index in [1.807, 2.05) is 6.07 Å². The zero-order valence-electron chi connectivity index (χ0n) is 21.9. The van der Waals surface area contributed by atoms with E-state index in [1.54, 1.807) is 53.4 Å². The molecule has 0 saturated carbocycles. The zero-order valence-corrected chi connectivity index (χ0v) is 21.9. The van der Waals surface area contributed by atoms with Crippen LogP contribution in [0.25, 0.3) is 0 Å². The van der Waals surface area contributed by atoms with Crippen LogP contribution in [-0.2, 0) is 28.6 Å². The van der Waals surface area contributed by atoms with Gasteiger partial charge in [0.2, 0.25) is 0 Å². The van der Waals surface area contributed by atoms with Crippen LogP contribution in [0.4, 0.5) is 14.5 Å². The van der Waals surface area contributed by atoms with Crippen LogP contribution in [0.2, 0.25) is 0 Å². The van der Waals surface area contributed by atoms with Crippen molar-refractivity contribution < 1.29 is 37.4 Å². The van der Waals surface area contributed by atoms with E-state index in [2.05, 4.69) is 10.2 Å². The lowest BCUT2D eigenvalue weighted by molar-refractivity contribution is -0.185. The number of ether oxygens (including phenoxy) is 3. The van der Waals surface area contributed by atoms with Crippen molar-refractivity contribution in [1.29, 1.82) is 0 Å². The van der Waals surface area contributed by atoms with Gasteiger partial charge in [0.25, 0.3) is 5.91 Å². The minimum Gasteiger partial charge on any atom is -0.377 e. The zero-order chi connectivity index (χ0) is 28.6. The number of carbonyl (C=O) groups is 3. The molecule has 3 aliphatic heterocycles. The lowest BCUT2D eigenvalue weighted by Crippen LogP contribution is -2.62. The summed E-state index contributed by atoms with van der Waals surface area (Å²) in [5.41, 5.74) is 0.922. The smallest absolute Gasteiger partial charge is 0.377 e. The van der Waals surface area contributed by atoms with Crippen LogP contribution in [0.5, 0.6) is 0 Å². The van der Waals surface area contributed by atoms with Gasteiger partial charge < -0.3 is 19.1 Å². The van der Waals surface area contributed by atoms with Crippen LogP contribution in [0.15, 0.2) is 78.9 Å². The Hall–Kier alpha value is -4.35. The first-order valence-electron chi connectivity index (χ1n) is 13.3. The fourth-order valence-corrected chi connectivity index (χ4v) is 5.75. The monoisotopic (exact) mass is 563 g/mol. The molecular formula is C30H27F2N3O6. The van der Waals surface area contributed by atoms with Gasteiger partial charge in [0.1, 0.15) is 23.3 Å². The molecule has 11 heteroatoms. The van der Waals surface area contributed by atoms with Crippen LogP contribution in [-0.4, -0.2) is 60.6 Å². The standard InChI is InChI=1S/C30H27F2N3O6/c31-22-10-6-20(7-11-22)25(21-8-12-23(32)13-9-21)39-19-18-34-16-14-29(15-17-34)28(38)33-30(40-26(36)27(37)41-30)35(29)24-4-2-1-3-5-24/h1-13,25H,14-19H2,(H,33,38). The van der Waals surface area contributed by atoms with Crippen molar-refractivity contribution in [3.05, 3.63) is 102 Å². The van der Waals surface area contributed by atoms with E-state index in [0.717, 1.165) is 11.1 Å². The average Bonchev–Trinajstić information content (AvgIpc) is 3.38. The van der Waals surface area contributed by atoms with Gasteiger partial charge in [-0.1, -0.05) is 42.5 Å². The molecule has 3 aliphatic rings. The molecule has 3 heterocycles. The molecule has 1 N–H and O–H groups in total. The highest BCUT2D eigenvalue weighted by Crippen LogP contribution is 2.45. The van der Waals surface area contributed by atoms with Gasteiger partial charge >= 0.3 is 18.0 Å². The molecule has 6 rings (SSSR count). The summed E-state index contributed by atoms with van der Waals surface area (Å²) in [6.07, 6.45) is 0.210. The molecule has 3 aromatic carbocycles. The minimum atomic E-state index is -2.03. The summed E-state index contributed by atoms with van der Waals surface area (Å²) in [4.78, 5) is 41.2. The highest BCUT2D eigenvalue weighted by molar-refractivity contribution is 6.31. The third kappa shape index (κ3) is 4.91. The van der Waals surface area contributed by atoms with Crippen molar-refractivity contribution in [2.75, 3.05) is 31.1 Å². The topological polar surface area (TPSA) is 97.4 Å². The van der Waals surface area contributed by atoms with Gasteiger partial charge in [0.05, 0.1) is 6.61 Å². The summed E-state index contributed by atoms with van der Waals surface area (Å²) < 4.78 is 43.9. The molecule has 9 nitrogen and oxygen atoms in total. The number of nitrogens with one attached hydrogen (secondary N) is 1. The van der Waals surface area contributed by atoms with Gasteiger partial charge in [-0.05, 0) is 60.4 Å². The van der Waals surface area contributed by atoms with E-state index in [0.29, 0.717) is 44.8 Å². The quantitative estimate of drug-likeness (QED) is 0.346. The van der Waals surface area contributed by atoms with Gasteiger partial charge in [-0.25, -0.2) is 18.4 Å². The summed E-state index contributed by atoms with van der Waals surface area (Å²) in [5, 5.41) is 2.62. The van der Waals surface area contributed by atoms with Crippen molar-refractivity contribution >= 4 is 23.5 Å². The van der Waals surface area contributed by atoms with Crippen LogP contribution < -0.4 is 10.2 Å². The summed E-state index contributed by atoms with van der Waals surface area (Å²) >= 11 is 0. The molecule has 1 amide bonds. The molecule has 41 heavy (non-hydrogen) atoms. The Morgan fingerprint density at radius 1 is 0.805 bits per heavy atom. The van der Waals surface area contributed by atoms with Crippen LogP contribution in [0, 0.1) is 11.6 Å². The van der Waals surface area contributed by atoms with E-state index in [-0.39, 0.29) is 11.6 Å². The predicted octanol–water partition coefficient (Wildman–Crippen LogP) is 3.25. The van der Waals surface area contributed by atoms with Gasteiger partial charge in [-0.15, -0.1) is 0 Å². The molecule has 0 aliphatic carbocycles. The molecule has 212 valence electrons. The molecule has 0 aromatic heterocycles. The van der Waals surface area contributed by atoms with Crippen molar-refractivity contribution in [3.63, 3.8) is 0 Å². The van der Waals surface area contributed by atoms with E-state index in [9.17, 15) is 23.2 Å². The number of nitrogens with zero attached hydrogens (tertiary/aromatic N) is 2. The fraction of sp³-hybridized carbons (Fsp3) is 0.300. The average molecular weight is 564 g/mol. The Balaban J connectivity index is 1.16. The van der Waals surface area contributed by atoms with Crippen molar-refractivity contribution in [1.82, 2.24) is 10.2 Å². The van der Waals surface area contributed by atoms with E-state index < -0.39 is 35.5 Å². The SMILES string of the molecule is O=C1OC2(NC(=O)C3(CCN(CCOC(c4ccc(F)cc4)c4ccc(F)cc4)CC3)N2c2ccccc2)OC1=O. The number of benzene rings is 3. The summed E-state index contributed by atoms with van der Waals surface area (Å²) in [5.74, 6) is -3.46. The molecule has 3 fully saturated rings. The first-order chi connectivity index (χ1) is 19.8. The first-order valence-corrected chi connectivity index (χ1v) is 13.3. The van der Waals surface area contributed by atoms with Gasteiger partial charge in [0.15, 0.2) is 0 Å². The number of likely N-dealkylation sites (tertiary alicyclic amines) is 1. The molecular weight excluding hydrogens is 536 g/mol. The molecule has 2 spiro atoms. The molecule has 0 unspecified atom stereocenters. The number of carbonyl (C=O) groups excluding carboxylic acids is 3. The van der Waals surface area contributed by atoms with Crippen molar-refractivity contribution in [2.24, 2.45) is 0 Å². The number of para-hydroxylation sites is 1. The molecule has 0 atom stereocenters. The lowest BCUT2D eigenvalue weighted by Gasteiger charge is -2.45. The summed E-state index contributed by atoms with van der Waals surface area (Å²) in [7, 11) is 0. The van der Waals surface area contributed by atoms with Crippen LogP contribution >= 0.6 is 0 Å². The molecule has 3 aromatic rings. The Morgan fingerprint density at radius 3 is 1.88 bits per heavy atom. The maximum Gasteiger partial charge on any atom is 0.440 e. The van der Waals surface area contributed by atoms with E-state index >= 15 is 0 Å². The molecule has 3 saturated heterocycles. The summed E-state index contributed by atoms with van der Waals surface area (Å²) in [6, 6.07) is 18.9. The fourth-order valence-electron chi connectivity index (χ4n) is 5.75. The second-order valence-corrected chi connectivity index (χ2v) is 10.2. The molecule has 0 bridgehead atoms. The Morgan fingerprint density at radius 2 is 1.34 bits per heavy atom. The number of halogens is 2. The number of esters is 2. The van der Waals surface area contributed by atoms with Crippen LogP contribution in [0.1, 0.15) is 30.1 Å². The van der Waals surface area contributed by atoms with E-state index in [4.69, 9.17) is 14.2 Å². The van der Waals surface area contributed by atoms with E-state index in [1.165, 1.54) is 24.3 Å². The maximum atomic E-state index is 13.5. The highest BCUT2D eigenvalue weighted by Gasteiger charge is 2.69. The van der Waals surface area contributed by atoms with Gasteiger partial charge in [0, 0.05) is 25.3 Å². The number of amides is 1. The third-order valence-corrected chi connectivity index (χ3v) is 7.78. The third-order valence-electron chi connectivity index (χ3n) is 7.78. The largest absolute Gasteiger partial charge is 0.440 e. The molecule has 0 radical (unpaired) electrons.